The van der Waals surface area contributed by atoms with Crippen LogP contribution in [0.2, 0.25) is 0 Å². The molecule has 8 rings (SSSR count). The van der Waals surface area contributed by atoms with E-state index in [1.807, 2.05) is 54.6 Å². The van der Waals surface area contributed by atoms with E-state index in [0.29, 0.717) is 22.3 Å². The van der Waals surface area contributed by atoms with Crippen molar-refractivity contribution in [1.29, 1.82) is 0 Å². The number of Topliss-reactive ketones (excluding diaryl/α,β-unsaturated/α-hetero) is 1. The lowest BCUT2D eigenvalue weighted by atomic mass is 9.44. The second kappa shape index (κ2) is 12.1. The van der Waals surface area contributed by atoms with Gasteiger partial charge in [0.15, 0.2) is 23.1 Å². The molecule has 2 amide bonds. The van der Waals surface area contributed by atoms with E-state index in [1.165, 1.54) is 43.5 Å². The minimum absolute atomic E-state index is 0.0265. The van der Waals surface area contributed by atoms with Gasteiger partial charge in [-0.3, -0.25) is 24.1 Å². The number of carbonyl (C=O) groups is 5. The van der Waals surface area contributed by atoms with Gasteiger partial charge in [-0.2, -0.15) is 0 Å². The summed E-state index contributed by atoms with van der Waals surface area (Å²) in [5.74, 6) is -6.07. The summed E-state index contributed by atoms with van der Waals surface area (Å²) in [5.41, 5.74) is 1.88. The lowest BCUT2D eigenvalue weighted by molar-refractivity contribution is -0.135. The van der Waals surface area contributed by atoms with Crippen molar-refractivity contribution in [1.82, 2.24) is 0 Å². The van der Waals surface area contributed by atoms with Gasteiger partial charge in [0.05, 0.1) is 35.6 Å². The van der Waals surface area contributed by atoms with Crippen molar-refractivity contribution in [2.75, 3.05) is 12.0 Å². The van der Waals surface area contributed by atoms with E-state index in [0.717, 1.165) is 10.5 Å². The highest BCUT2D eigenvalue weighted by atomic mass is 16.5. The molecule has 3 aliphatic carbocycles. The van der Waals surface area contributed by atoms with Crippen molar-refractivity contribution in [3.05, 3.63) is 143 Å². The number of hydrogen-bond acceptors (Lipinski definition) is 7. The number of carboxylic acid groups (broad SMARTS) is 1. The topological polar surface area (TPSA) is 138 Å². The van der Waals surface area contributed by atoms with Crippen molar-refractivity contribution in [3.63, 3.8) is 0 Å². The largest absolute Gasteiger partial charge is 0.504 e. The number of rotatable bonds is 6. The van der Waals surface area contributed by atoms with Crippen LogP contribution in [0, 0.1) is 23.7 Å². The Hall–Kier alpha value is -6.09. The summed E-state index contributed by atoms with van der Waals surface area (Å²) < 4.78 is 5.52. The van der Waals surface area contributed by atoms with Crippen LogP contribution in [0.5, 0.6) is 11.5 Å². The second-order valence-electron chi connectivity index (χ2n) is 13.6. The van der Waals surface area contributed by atoms with Crippen LogP contribution in [0.15, 0.2) is 121 Å². The third kappa shape index (κ3) is 4.71. The lowest BCUT2D eigenvalue weighted by Crippen LogP contribution is -2.58. The summed E-state index contributed by atoms with van der Waals surface area (Å²) in [6.45, 7) is 0. The fourth-order valence-electron chi connectivity index (χ4n) is 9.13. The number of hydrogen-bond donors (Lipinski definition) is 2. The van der Waals surface area contributed by atoms with Gasteiger partial charge in [-0.1, -0.05) is 78.4 Å². The van der Waals surface area contributed by atoms with Crippen LogP contribution in [-0.2, 0) is 24.6 Å². The Morgan fingerprint density at radius 1 is 0.843 bits per heavy atom. The van der Waals surface area contributed by atoms with Crippen molar-refractivity contribution in [2.45, 2.75) is 24.2 Å². The Kier molecular flexibility index (Phi) is 7.59. The van der Waals surface area contributed by atoms with Crippen LogP contribution in [0.25, 0.3) is 5.57 Å². The maximum absolute atomic E-state index is 15.1. The number of phenols is 1. The predicted molar refractivity (Wildman–Crippen MR) is 187 cm³/mol. The first-order valence-electron chi connectivity index (χ1n) is 16.9. The highest BCUT2D eigenvalue weighted by Gasteiger charge is 2.66. The fourth-order valence-corrected chi connectivity index (χ4v) is 9.13. The first-order chi connectivity index (χ1) is 24.7. The number of aromatic carboxylic acids is 1. The number of fused-ring (bicyclic) bond motifs is 4. The third-order valence-corrected chi connectivity index (χ3v) is 11.3. The summed E-state index contributed by atoms with van der Waals surface area (Å²) in [4.78, 5) is 71.3. The zero-order chi connectivity index (χ0) is 35.6. The highest BCUT2D eigenvalue weighted by molar-refractivity contribution is 6.32. The number of carboxylic acids is 1. The van der Waals surface area contributed by atoms with Gasteiger partial charge in [0.1, 0.15) is 0 Å². The van der Waals surface area contributed by atoms with Crippen LogP contribution < -0.4 is 9.64 Å². The highest BCUT2D eigenvalue weighted by Crippen LogP contribution is 2.64. The molecule has 9 heteroatoms. The van der Waals surface area contributed by atoms with Crippen LogP contribution in [0.1, 0.15) is 45.8 Å². The molecule has 2 fully saturated rings. The minimum atomic E-state index is -1.41. The van der Waals surface area contributed by atoms with Gasteiger partial charge < -0.3 is 14.9 Å². The lowest BCUT2D eigenvalue weighted by Gasteiger charge is -2.55. The summed E-state index contributed by atoms with van der Waals surface area (Å²) in [5, 5.41) is 20.0. The number of phenolic OH excluding ortho intramolecular Hbond substituents is 1. The van der Waals surface area contributed by atoms with Crippen molar-refractivity contribution in [2.24, 2.45) is 23.7 Å². The maximum Gasteiger partial charge on any atom is 0.335 e. The monoisotopic (exact) mass is 679 g/mol. The van der Waals surface area contributed by atoms with Gasteiger partial charge >= 0.3 is 5.97 Å². The number of amides is 2. The quantitative estimate of drug-likeness (QED) is 0.184. The molecule has 1 saturated carbocycles. The SMILES string of the molecule is COc1cc([C@H]2C3=CC[C@@H]4C(=O)N(c5ccc(C(=O)O)cc5)C(=O)[C@@H]4[C@@H]3C[C@H]3C(=O)C(c4ccccc4)=CC(=O)[C@@]23c2ccccc2)ccc1O. The summed E-state index contributed by atoms with van der Waals surface area (Å²) in [6.07, 6.45) is 3.81. The zero-order valence-corrected chi connectivity index (χ0v) is 27.6. The molecule has 9 nitrogen and oxygen atoms in total. The van der Waals surface area contributed by atoms with Gasteiger partial charge in [0.2, 0.25) is 11.8 Å². The molecule has 4 aromatic rings. The number of aromatic hydroxyl groups is 1. The Morgan fingerprint density at radius 2 is 1.53 bits per heavy atom. The number of ether oxygens (including phenoxy) is 1. The van der Waals surface area contributed by atoms with Crippen molar-refractivity contribution < 1.29 is 38.9 Å². The van der Waals surface area contributed by atoms with E-state index in [4.69, 9.17) is 4.74 Å². The molecule has 1 aliphatic heterocycles. The van der Waals surface area contributed by atoms with Crippen molar-refractivity contribution in [3.8, 4) is 11.5 Å². The Bertz CT molecular complexity index is 2190. The van der Waals surface area contributed by atoms with Gasteiger partial charge in [-0.15, -0.1) is 0 Å². The molecule has 0 unspecified atom stereocenters. The zero-order valence-electron chi connectivity index (χ0n) is 27.6. The smallest absolute Gasteiger partial charge is 0.335 e. The number of allylic oxidation sites excluding steroid dienone is 4. The van der Waals surface area contributed by atoms with Gasteiger partial charge in [-0.05, 0) is 77.9 Å². The second-order valence-corrected chi connectivity index (χ2v) is 13.6. The molecule has 254 valence electrons. The van der Waals surface area contributed by atoms with Crippen LogP contribution in [0.3, 0.4) is 0 Å². The van der Waals surface area contributed by atoms with E-state index in [-0.39, 0.29) is 53.1 Å². The molecular formula is C42H33NO8. The molecule has 4 aliphatic rings. The maximum atomic E-state index is 15.1. The average molecular weight is 680 g/mol. The Balaban J connectivity index is 1.34. The molecule has 0 aromatic heterocycles. The Labute approximate surface area is 293 Å². The number of methoxy groups -OCH3 is 1. The van der Waals surface area contributed by atoms with Crippen LogP contribution in [0.4, 0.5) is 5.69 Å². The number of anilines is 1. The number of carbonyl (C=O) groups excluding carboxylic acids is 4. The molecular weight excluding hydrogens is 646 g/mol. The minimum Gasteiger partial charge on any atom is -0.504 e. The number of ketones is 2. The van der Waals surface area contributed by atoms with E-state index < -0.39 is 46.9 Å². The first-order valence-corrected chi connectivity index (χ1v) is 16.9. The van der Waals surface area contributed by atoms with Crippen LogP contribution >= 0.6 is 0 Å². The molecule has 6 atom stereocenters. The Morgan fingerprint density at radius 3 is 2.20 bits per heavy atom. The van der Waals surface area contributed by atoms with E-state index in [2.05, 4.69) is 0 Å². The average Bonchev–Trinajstić information content (AvgIpc) is 3.42. The summed E-state index contributed by atoms with van der Waals surface area (Å²) >= 11 is 0. The summed E-state index contributed by atoms with van der Waals surface area (Å²) in [6, 6.07) is 28.9. The molecule has 0 bridgehead atoms. The third-order valence-electron chi connectivity index (χ3n) is 11.3. The molecule has 0 spiro atoms. The summed E-state index contributed by atoms with van der Waals surface area (Å²) in [7, 11) is 1.44. The van der Waals surface area contributed by atoms with Gasteiger partial charge in [-0.25, -0.2) is 4.79 Å². The standard InChI is InChI=1S/C42H33NO8/c1-51-34-20-25(14-19-33(34)44)37-28-17-18-29-36(40(48)43(39(29)47)27-15-12-24(13-16-27)41(49)50)31(28)21-32-38(46)30(23-8-4-2-5-9-23)22-35(45)42(32,37)26-10-6-3-7-11-26/h2-17,19-20,22,29,31-32,36-37,44H,18,21H2,1H3,(H,49,50)/t29-,31+,32-,36-,37-,42-/m0/s1. The first kappa shape index (κ1) is 32.1. The molecule has 51 heavy (non-hydrogen) atoms. The number of benzene rings is 4. The number of imide groups is 1. The number of nitrogens with zero attached hydrogens (tertiary/aromatic N) is 1. The van der Waals surface area contributed by atoms with Crippen molar-refractivity contribution >= 4 is 40.6 Å². The molecule has 2 N–H and O–H groups in total. The molecule has 0 radical (unpaired) electrons. The molecule has 4 aromatic carbocycles. The van der Waals surface area contributed by atoms with E-state index in [1.54, 1.807) is 24.3 Å². The predicted octanol–water partition coefficient (Wildman–Crippen LogP) is 6.13. The molecule has 1 heterocycles. The van der Waals surface area contributed by atoms with Crippen LogP contribution in [-0.4, -0.2) is 46.7 Å². The van der Waals surface area contributed by atoms with Gasteiger partial charge in [0, 0.05) is 17.4 Å². The normalized spacial score (nSPS) is 26.8. The fraction of sp³-hybridized carbons (Fsp3) is 0.214. The van der Waals surface area contributed by atoms with E-state index in [9.17, 15) is 24.6 Å². The molecule has 1 saturated heterocycles. The van der Waals surface area contributed by atoms with E-state index >= 15 is 9.59 Å². The van der Waals surface area contributed by atoms with Gasteiger partial charge in [0.25, 0.3) is 0 Å².